The van der Waals surface area contributed by atoms with Crippen molar-refractivity contribution in [3.63, 3.8) is 0 Å². The summed E-state index contributed by atoms with van der Waals surface area (Å²) < 4.78 is 26.8. The van der Waals surface area contributed by atoms with Crippen LogP contribution < -0.4 is 9.62 Å². The second kappa shape index (κ2) is 13.3. The molecule has 0 heterocycles. The fourth-order valence-electron chi connectivity index (χ4n) is 4.21. The average molecular weight is 591 g/mol. The van der Waals surface area contributed by atoms with Gasteiger partial charge in [0.1, 0.15) is 12.6 Å². The highest BCUT2D eigenvalue weighted by molar-refractivity contribution is 7.92. The van der Waals surface area contributed by atoms with E-state index in [1.807, 2.05) is 44.2 Å². The van der Waals surface area contributed by atoms with Gasteiger partial charge in [-0.3, -0.25) is 13.9 Å². The molecule has 0 aliphatic carbocycles. The normalized spacial score (nSPS) is 12.2. The zero-order chi connectivity index (χ0) is 28.7. The summed E-state index contributed by atoms with van der Waals surface area (Å²) in [6.45, 7) is 5.00. The topological polar surface area (TPSA) is 86.8 Å². The number of aryl methyl sites for hydroxylation is 1. The summed E-state index contributed by atoms with van der Waals surface area (Å²) in [5.41, 5.74) is 2.55. The van der Waals surface area contributed by atoms with Gasteiger partial charge in [-0.25, -0.2) is 8.42 Å². The highest BCUT2D eigenvalue weighted by Crippen LogP contribution is 2.26. The number of halogens is 2. The van der Waals surface area contributed by atoms with Crippen LogP contribution in [-0.2, 0) is 32.6 Å². The summed E-state index contributed by atoms with van der Waals surface area (Å²) in [4.78, 5) is 29.0. The first-order valence-electron chi connectivity index (χ1n) is 12.5. The first-order chi connectivity index (χ1) is 18.3. The standard InChI is InChI=1S/C29H33Cl2N3O4S/c1-20(2)32-29(36)27(17-22-8-6-5-7-9-22)33(18-23-10-12-24(30)13-11-23)28(35)19-34(39(4,37)38)26-15-14-25(31)16-21(26)3/h5-16,20,27H,17-19H2,1-4H3,(H,32,36)/t27-/m0/s1. The minimum Gasteiger partial charge on any atom is -0.352 e. The number of sulfonamides is 1. The van der Waals surface area contributed by atoms with Gasteiger partial charge in [0.15, 0.2) is 0 Å². The molecule has 7 nitrogen and oxygen atoms in total. The fraction of sp³-hybridized carbons (Fsp3) is 0.310. The summed E-state index contributed by atoms with van der Waals surface area (Å²) in [5.74, 6) is -0.852. The number of benzene rings is 3. The maximum atomic E-state index is 14.0. The average Bonchev–Trinajstić information content (AvgIpc) is 2.85. The molecule has 10 heteroatoms. The van der Waals surface area contributed by atoms with Gasteiger partial charge in [0, 0.05) is 29.1 Å². The van der Waals surface area contributed by atoms with Crippen molar-refractivity contribution in [3.8, 4) is 0 Å². The molecule has 0 aromatic heterocycles. The molecule has 3 rings (SSSR count). The van der Waals surface area contributed by atoms with Crippen molar-refractivity contribution in [1.29, 1.82) is 0 Å². The van der Waals surface area contributed by atoms with Gasteiger partial charge in [0.25, 0.3) is 0 Å². The van der Waals surface area contributed by atoms with Crippen LogP contribution in [0.25, 0.3) is 0 Å². The molecule has 3 aromatic rings. The molecule has 39 heavy (non-hydrogen) atoms. The molecule has 0 unspecified atom stereocenters. The van der Waals surface area contributed by atoms with E-state index >= 15 is 0 Å². The lowest BCUT2D eigenvalue weighted by Gasteiger charge is -2.34. The Kier molecular flexibility index (Phi) is 10.4. The largest absolute Gasteiger partial charge is 0.352 e. The molecule has 0 saturated carbocycles. The van der Waals surface area contributed by atoms with Crippen molar-refractivity contribution in [2.75, 3.05) is 17.1 Å². The van der Waals surface area contributed by atoms with Crippen molar-refractivity contribution in [3.05, 3.63) is 99.5 Å². The van der Waals surface area contributed by atoms with Crippen LogP contribution in [0.3, 0.4) is 0 Å². The molecular weight excluding hydrogens is 557 g/mol. The molecule has 3 aromatic carbocycles. The zero-order valence-electron chi connectivity index (χ0n) is 22.4. The van der Waals surface area contributed by atoms with Crippen LogP contribution >= 0.6 is 23.2 Å². The Bertz CT molecular complexity index is 1400. The van der Waals surface area contributed by atoms with E-state index in [-0.39, 0.29) is 24.9 Å². The number of carbonyl (C=O) groups is 2. The second-order valence-electron chi connectivity index (χ2n) is 9.72. The van der Waals surface area contributed by atoms with Crippen LogP contribution in [0, 0.1) is 6.92 Å². The van der Waals surface area contributed by atoms with Gasteiger partial charge in [0.05, 0.1) is 11.9 Å². The maximum Gasteiger partial charge on any atom is 0.244 e. The van der Waals surface area contributed by atoms with E-state index in [1.165, 1.54) is 4.90 Å². The molecule has 0 fully saturated rings. The van der Waals surface area contributed by atoms with E-state index in [2.05, 4.69) is 5.32 Å². The van der Waals surface area contributed by atoms with Crippen molar-refractivity contribution < 1.29 is 18.0 Å². The van der Waals surface area contributed by atoms with E-state index in [0.717, 1.165) is 21.7 Å². The quantitative estimate of drug-likeness (QED) is 0.331. The van der Waals surface area contributed by atoms with E-state index in [1.54, 1.807) is 49.4 Å². The van der Waals surface area contributed by atoms with Gasteiger partial charge >= 0.3 is 0 Å². The Morgan fingerprint density at radius 1 is 0.897 bits per heavy atom. The van der Waals surface area contributed by atoms with Crippen molar-refractivity contribution in [2.24, 2.45) is 0 Å². The highest BCUT2D eigenvalue weighted by Gasteiger charge is 2.33. The SMILES string of the molecule is Cc1cc(Cl)ccc1N(CC(=O)N(Cc1ccc(Cl)cc1)[C@@H](Cc1ccccc1)C(=O)NC(C)C)S(C)(=O)=O. The Morgan fingerprint density at radius 3 is 2.08 bits per heavy atom. The number of carbonyl (C=O) groups excluding carboxylic acids is 2. The molecular formula is C29H33Cl2N3O4S. The number of nitrogens with zero attached hydrogens (tertiary/aromatic N) is 2. The minimum absolute atomic E-state index is 0.0796. The molecule has 2 amide bonds. The predicted molar refractivity (Wildman–Crippen MR) is 158 cm³/mol. The number of hydrogen-bond acceptors (Lipinski definition) is 4. The molecule has 0 aliphatic rings. The van der Waals surface area contributed by atoms with Gasteiger partial charge in [0.2, 0.25) is 21.8 Å². The van der Waals surface area contributed by atoms with E-state index < -0.39 is 28.5 Å². The van der Waals surface area contributed by atoms with E-state index in [0.29, 0.717) is 21.3 Å². The Hall–Kier alpha value is -3.07. The summed E-state index contributed by atoms with van der Waals surface area (Å²) in [7, 11) is -3.86. The van der Waals surface area contributed by atoms with Crippen LogP contribution in [0.2, 0.25) is 10.0 Å². The van der Waals surface area contributed by atoms with Gasteiger partial charge in [-0.1, -0.05) is 65.7 Å². The number of rotatable bonds is 11. The third-order valence-electron chi connectivity index (χ3n) is 6.07. The van der Waals surface area contributed by atoms with Gasteiger partial charge < -0.3 is 10.2 Å². The fourth-order valence-corrected chi connectivity index (χ4v) is 5.47. The maximum absolute atomic E-state index is 14.0. The lowest BCUT2D eigenvalue weighted by atomic mass is 10.0. The summed E-state index contributed by atoms with van der Waals surface area (Å²) in [6, 6.07) is 20.1. The van der Waals surface area contributed by atoms with E-state index in [4.69, 9.17) is 23.2 Å². The summed E-state index contributed by atoms with van der Waals surface area (Å²) >= 11 is 12.2. The lowest BCUT2D eigenvalue weighted by Crippen LogP contribution is -2.54. The highest BCUT2D eigenvalue weighted by atomic mass is 35.5. The number of amides is 2. The molecule has 0 saturated heterocycles. The monoisotopic (exact) mass is 589 g/mol. The third-order valence-corrected chi connectivity index (χ3v) is 7.69. The van der Waals surface area contributed by atoms with Crippen LogP contribution in [0.4, 0.5) is 5.69 Å². The Labute approximate surface area is 240 Å². The Morgan fingerprint density at radius 2 is 1.51 bits per heavy atom. The molecule has 0 bridgehead atoms. The molecule has 0 aliphatic heterocycles. The van der Waals surface area contributed by atoms with Crippen molar-refractivity contribution in [1.82, 2.24) is 10.2 Å². The molecule has 0 radical (unpaired) electrons. The van der Waals surface area contributed by atoms with Crippen LogP contribution in [0.15, 0.2) is 72.8 Å². The van der Waals surface area contributed by atoms with Crippen LogP contribution in [0.1, 0.15) is 30.5 Å². The zero-order valence-corrected chi connectivity index (χ0v) is 24.7. The Balaban J connectivity index is 2.07. The number of hydrogen-bond donors (Lipinski definition) is 1. The van der Waals surface area contributed by atoms with Crippen molar-refractivity contribution in [2.45, 2.75) is 45.8 Å². The first kappa shape index (κ1) is 30.5. The summed E-state index contributed by atoms with van der Waals surface area (Å²) in [6.07, 6.45) is 1.29. The molecule has 208 valence electrons. The number of nitrogens with one attached hydrogen (secondary N) is 1. The van der Waals surface area contributed by atoms with Gasteiger partial charge in [-0.2, -0.15) is 0 Å². The minimum atomic E-state index is -3.86. The molecule has 0 spiro atoms. The predicted octanol–water partition coefficient (Wildman–Crippen LogP) is 5.23. The third kappa shape index (κ3) is 8.71. The van der Waals surface area contributed by atoms with Crippen LogP contribution in [0.5, 0.6) is 0 Å². The second-order valence-corrected chi connectivity index (χ2v) is 12.5. The first-order valence-corrected chi connectivity index (χ1v) is 15.1. The molecule has 1 N–H and O–H groups in total. The number of anilines is 1. The summed E-state index contributed by atoms with van der Waals surface area (Å²) in [5, 5.41) is 3.91. The van der Waals surface area contributed by atoms with Gasteiger partial charge in [-0.15, -0.1) is 0 Å². The van der Waals surface area contributed by atoms with E-state index in [9.17, 15) is 18.0 Å². The van der Waals surface area contributed by atoms with Crippen LogP contribution in [-0.4, -0.2) is 50.0 Å². The van der Waals surface area contributed by atoms with Gasteiger partial charge in [-0.05, 0) is 67.8 Å². The lowest BCUT2D eigenvalue weighted by molar-refractivity contribution is -0.140. The smallest absolute Gasteiger partial charge is 0.244 e. The van der Waals surface area contributed by atoms with Crippen molar-refractivity contribution >= 4 is 50.7 Å². The molecule has 1 atom stereocenters.